The van der Waals surface area contributed by atoms with Crippen LogP contribution in [0.3, 0.4) is 0 Å². The van der Waals surface area contributed by atoms with Crippen molar-refractivity contribution in [3.8, 4) is 11.5 Å². The Balaban J connectivity index is 1.93. The first kappa shape index (κ1) is 20.9. The minimum atomic E-state index is -2.95. The van der Waals surface area contributed by atoms with Crippen LogP contribution >= 0.6 is 11.8 Å². The van der Waals surface area contributed by atoms with Gasteiger partial charge in [0.05, 0.1) is 24.6 Å². The van der Waals surface area contributed by atoms with Gasteiger partial charge in [-0.1, -0.05) is 30.8 Å². The SMILES string of the molecule is CCC1SC(=O)N(Cc2ccc(N)cc2)N=C1c1ccc(OC(F)F)c(OC)c1. The summed E-state index contributed by atoms with van der Waals surface area (Å²) in [5, 5.41) is 5.66. The Kier molecular flexibility index (Phi) is 6.58. The second-order valence-corrected chi connectivity index (χ2v) is 7.46. The molecule has 2 N–H and O–H groups in total. The molecular formula is C20H21F2N3O3S. The van der Waals surface area contributed by atoms with Crippen LogP contribution in [-0.2, 0) is 6.54 Å². The number of methoxy groups -OCH3 is 1. The van der Waals surface area contributed by atoms with Crippen LogP contribution in [0.4, 0.5) is 19.3 Å². The minimum absolute atomic E-state index is 0.0573. The van der Waals surface area contributed by atoms with Gasteiger partial charge in [-0.25, -0.2) is 5.01 Å². The molecule has 6 nitrogen and oxygen atoms in total. The predicted molar refractivity (Wildman–Crippen MR) is 110 cm³/mol. The van der Waals surface area contributed by atoms with E-state index in [1.165, 1.54) is 29.9 Å². The van der Waals surface area contributed by atoms with Gasteiger partial charge >= 0.3 is 11.9 Å². The van der Waals surface area contributed by atoms with Crippen LogP contribution in [0.2, 0.25) is 0 Å². The third-order valence-corrected chi connectivity index (χ3v) is 5.60. The molecule has 0 bridgehead atoms. The van der Waals surface area contributed by atoms with Crippen LogP contribution in [0.5, 0.6) is 11.5 Å². The lowest BCUT2D eigenvalue weighted by Crippen LogP contribution is -2.34. The summed E-state index contributed by atoms with van der Waals surface area (Å²) in [4.78, 5) is 12.5. The molecule has 0 radical (unpaired) electrons. The molecule has 3 rings (SSSR count). The van der Waals surface area contributed by atoms with Gasteiger partial charge in [0.1, 0.15) is 0 Å². The number of hydrazone groups is 1. The van der Waals surface area contributed by atoms with Crippen LogP contribution in [0.25, 0.3) is 0 Å². The quantitative estimate of drug-likeness (QED) is 0.654. The molecule has 0 aromatic heterocycles. The number of hydrogen-bond acceptors (Lipinski definition) is 6. The lowest BCUT2D eigenvalue weighted by molar-refractivity contribution is -0.0512. The number of anilines is 1. The zero-order chi connectivity index (χ0) is 21.0. The van der Waals surface area contributed by atoms with E-state index >= 15 is 0 Å². The average molecular weight is 421 g/mol. The van der Waals surface area contributed by atoms with E-state index in [1.54, 1.807) is 24.3 Å². The van der Waals surface area contributed by atoms with E-state index in [-0.39, 0.29) is 22.0 Å². The van der Waals surface area contributed by atoms with E-state index < -0.39 is 6.61 Å². The highest BCUT2D eigenvalue weighted by Crippen LogP contribution is 2.34. The highest BCUT2D eigenvalue weighted by atomic mass is 32.2. The van der Waals surface area contributed by atoms with Crippen LogP contribution in [0, 0.1) is 0 Å². The van der Waals surface area contributed by atoms with Crippen molar-refractivity contribution in [3.05, 3.63) is 53.6 Å². The first-order valence-corrected chi connectivity index (χ1v) is 9.83. The first-order valence-electron chi connectivity index (χ1n) is 8.95. The highest BCUT2D eigenvalue weighted by molar-refractivity contribution is 8.14. The number of nitrogens with zero attached hydrogens (tertiary/aromatic N) is 2. The van der Waals surface area contributed by atoms with Crippen LogP contribution in [0.15, 0.2) is 47.6 Å². The fourth-order valence-corrected chi connectivity index (χ4v) is 3.84. The minimum Gasteiger partial charge on any atom is -0.493 e. The summed E-state index contributed by atoms with van der Waals surface area (Å²) >= 11 is 1.19. The maximum absolute atomic E-state index is 12.6. The van der Waals surface area contributed by atoms with Gasteiger partial charge in [0.25, 0.3) is 0 Å². The molecule has 2 aromatic rings. The van der Waals surface area contributed by atoms with Crippen LogP contribution in [-0.4, -0.2) is 34.9 Å². The largest absolute Gasteiger partial charge is 0.493 e. The van der Waals surface area contributed by atoms with Crippen molar-refractivity contribution < 1.29 is 23.0 Å². The van der Waals surface area contributed by atoms with Gasteiger partial charge < -0.3 is 15.2 Å². The van der Waals surface area contributed by atoms with Crippen LogP contribution in [0.1, 0.15) is 24.5 Å². The Morgan fingerprint density at radius 2 is 1.93 bits per heavy atom. The Morgan fingerprint density at radius 3 is 2.55 bits per heavy atom. The summed E-state index contributed by atoms with van der Waals surface area (Å²) in [6.07, 6.45) is 0.683. The predicted octanol–water partition coefficient (Wildman–Crippen LogP) is 4.73. The van der Waals surface area contributed by atoms with Gasteiger partial charge in [0, 0.05) is 11.3 Å². The summed E-state index contributed by atoms with van der Waals surface area (Å²) in [6.45, 7) is -0.689. The lowest BCUT2D eigenvalue weighted by Gasteiger charge is -2.28. The molecule has 0 fully saturated rings. The summed E-state index contributed by atoms with van der Waals surface area (Å²) in [5.74, 6) is 0.116. The van der Waals surface area contributed by atoms with Gasteiger partial charge in [-0.15, -0.1) is 0 Å². The number of hydrogen-bond donors (Lipinski definition) is 1. The van der Waals surface area contributed by atoms with E-state index in [4.69, 9.17) is 10.5 Å². The number of carbonyl (C=O) groups excluding carboxylic acids is 1. The van der Waals surface area contributed by atoms with Crippen molar-refractivity contribution in [2.45, 2.75) is 31.8 Å². The molecule has 0 saturated heterocycles. The molecular weight excluding hydrogens is 400 g/mol. The molecule has 1 unspecified atom stereocenters. The summed E-state index contributed by atoms with van der Waals surface area (Å²) < 4.78 is 34.8. The van der Waals surface area contributed by atoms with Crippen molar-refractivity contribution >= 4 is 28.4 Å². The zero-order valence-electron chi connectivity index (χ0n) is 16.0. The van der Waals surface area contributed by atoms with E-state index in [0.717, 1.165) is 5.56 Å². The fourth-order valence-electron chi connectivity index (χ4n) is 2.91. The smallest absolute Gasteiger partial charge is 0.387 e. The van der Waals surface area contributed by atoms with Crippen molar-refractivity contribution in [2.75, 3.05) is 12.8 Å². The van der Waals surface area contributed by atoms with E-state index in [9.17, 15) is 13.6 Å². The molecule has 0 aliphatic carbocycles. The Hall–Kier alpha value is -2.81. The number of rotatable bonds is 7. The summed E-state index contributed by atoms with van der Waals surface area (Å²) in [7, 11) is 1.38. The second kappa shape index (κ2) is 9.13. The number of amides is 1. The molecule has 1 aliphatic heterocycles. The number of halogens is 2. The van der Waals surface area contributed by atoms with E-state index in [1.807, 2.05) is 19.1 Å². The number of nitrogen functional groups attached to an aromatic ring is 1. The molecule has 0 saturated carbocycles. The number of carbonyl (C=O) groups is 1. The maximum atomic E-state index is 12.6. The third kappa shape index (κ3) is 4.97. The molecule has 2 aromatic carbocycles. The molecule has 1 amide bonds. The molecule has 0 spiro atoms. The molecule has 9 heteroatoms. The van der Waals surface area contributed by atoms with E-state index in [0.29, 0.717) is 29.9 Å². The van der Waals surface area contributed by atoms with Gasteiger partial charge in [0.2, 0.25) is 0 Å². The lowest BCUT2D eigenvalue weighted by atomic mass is 10.0. The Labute approximate surface area is 171 Å². The van der Waals surface area contributed by atoms with Gasteiger partial charge in [-0.05, 0) is 42.3 Å². The molecule has 1 aliphatic rings. The summed E-state index contributed by atoms with van der Waals surface area (Å²) in [5.41, 5.74) is 8.60. The Bertz CT molecular complexity index is 906. The molecule has 29 heavy (non-hydrogen) atoms. The van der Waals surface area contributed by atoms with Gasteiger partial charge in [-0.2, -0.15) is 13.9 Å². The molecule has 1 atom stereocenters. The molecule has 1 heterocycles. The number of ether oxygens (including phenoxy) is 2. The first-order chi connectivity index (χ1) is 13.9. The van der Waals surface area contributed by atoms with E-state index in [2.05, 4.69) is 9.84 Å². The summed E-state index contributed by atoms with van der Waals surface area (Å²) in [6, 6.07) is 11.9. The fraction of sp³-hybridized carbons (Fsp3) is 0.300. The van der Waals surface area contributed by atoms with Gasteiger partial charge in [-0.3, -0.25) is 4.79 Å². The third-order valence-electron chi connectivity index (χ3n) is 4.35. The molecule has 154 valence electrons. The standard InChI is InChI=1S/C20H21F2N3O3S/c1-3-17-18(13-6-9-15(28-19(21)22)16(10-13)27-2)24-25(20(26)29-17)11-12-4-7-14(23)8-5-12/h4-10,17,19H,3,11,23H2,1-2H3. The van der Waals surface area contributed by atoms with Gasteiger partial charge in [0.15, 0.2) is 11.5 Å². The number of thioether (sulfide) groups is 1. The monoisotopic (exact) mass is 421 g/mol. The number of benzene rings is 2. The van der Waals surface area contributed by atoms with Crippen molar-refractivity contribution in [2.24, 2.45) is 5.10 Å². The number of nitrogens with two attached hydrogens (primary N) is 1. The second-order valence-electron chi connectivity index (χ2n) is 6.31. The van der Waals surface area contributed by atoms with Crippen molar-refractivity contribution in [1.82, 2.24) is 5.01 Å². The zero-order valence-corrected chi connectivity index (χ0v) is 16.8. The maximum Gasteiger partial charge on any atom is 0.387 e. The number of alkyl halides is 2. The topological polar surface area (TPSA) is 77.2 Å². The van der Waals surface area contributed by atoms with Crippen molar-refractivity contribution in [1.29, 1.82) is 0 Å². The van der Waals surface area contributed by atoms with Crippen molar-refractivity contribution in [3.63, 3.8) is 0 Å². The van der Waals surface area contributed by atoms with Crippen LogP contribution < -0.4 is 15.2 Å². The Morgan fingerprint density at radius 1 is 1.21 bits per heavy atom. The normalized spacial score (nSPS) is 16.7. The average Bonchev–Trinajstić information content (AvgIpc) is 2.70. The highest BCUT2D eigenvalue weighted by Gasteiger charge is 2.30.